The Kier molecular flexibility index (Phi) is 6.61. The molecule has 0 spiro atoms. The number of anilines is 1. The largest absolute Gasteiger partial charge is 0.482 e. The minimum atomic E-state index is -0.338. The number of aryl methyl sites for hydroxylation is 1. The van der Waals surface area contributed by atoms with Crippen molar-refractivity contribution in [1.29, 1.82) is 0 Å². The SMILES string of the molecule is Cc1ccc(NC(=O)COc2ccc(/C=C3\SC(=S)NC3=O)cc2Cl)cc1Cl. The smallest absolute Gasteiger partial charge is 0.263 e. The van der Waals surface area contributed by atoms with Crippen molar-refractivity contribution < 1.29 is 14.3 Å². The van der Waals surface area contributed by atoms with Crippen molar-refractivity contribution in [1.82, 2.24) is 5.32 Å². The van der Waals surface area contributed by atoms with E-state index in [1.54, 1.807) is 36.4 Å². The second-order valence-corrected chi connectivity index (χ2v) is 8.38. The Morgan fingerprint density at radius 3 is 2.68 bits per heavy atom. The zero-order chi connectivity index (χ0) is 20.3. The van der Waals surface area contributed by atoms with Crippen LogP contribution in [0, 0.1) is 6.92 Å². The Bertz CT molecular complexity index is 1010. The maximum atomic E-state index is 12.1. The number of thioether (sulfide) groups is 1. The Hall–Kier alpha value is -2.06. The van der Waals surface area contributed by atoms with E-state index in [4.69, 9.17) is 40.2 Å². The average molecular weight is 453 g/mol. The van der Waals surface area contributed by atoms with Crippen molar-refractivity contribution >= 4 is 75.1 Å². The number of hydrogen-bond acceptors (Lipinski definition) is 5. The van der Waals surface area contributed by atoms with Crippen molar-refractivity contribution in [2.45, 2.75) is 6.92 Å². The highest BCUT2D eigenvalue weighted by molar-refractivity contribution is 8.26. The van der Waals surface area contributed by atoms with Crippen molar-refractivity contribution in [2.24, 2.45) is 0 Å². The number of nitrogens with one attached hydrogen (secondary N) is 2. The molecule has 1 saturated heterocycles. The normalized spacial score (nSPS) is 14.9. The lowest BCUT2D eigenvalue weighted by Gasteiger charge is -2.10. The minimum Gasteiger partial charge on any atom is -0.482 e. The highest BCUT2D eigenvalue weighted by Crippen LogP contribution is 2.30. The molecule has 2 amide bonds. The molecule has 0 bridgehead atoms. The van der Waals surface area contributed by atoms with Crippen molar-refractivity contribution in [3.63, 3.8) is 0 Å². The van der Waals surface area contributed by atoms with Gasteiger partial charge in [-0.3, -0.25) is 9.59 Å². The lowest BCUT2D eigenvalue weighted by Crippen LogP contribution is -2.20. The van der Waals surface area contributed by atoms with Gasteiger partial charge in [-0.1, -0.05) is 59.3 Å². The third-order valence-corrected chi connectivity index (χ3v) is 5.58. The van der Waals surface area contributed by atoms with Crippen LogP contribution in [0.2, 0.25) is 10.0 Å². The van der Waals surface area contributed by atoms with Crippen LogP contribution in [0.5, 0.6) is 5.75 Å². The molecule has 0 unspecified atom stereocenters. The van der Waals surface area contributed by atoms with Gasteiger partial charge in [-0.15, -0.1) is 0 Å². The first kappa shape index (κ1) is 20.7. The fourth-order valence-electron chi connectivity index (χ4n) is 2.31. The van der Waals surface area contributed by atoms with Crippen LogP contribution in [-0.2, 0) is 9.59 Å². The number of hydrogen-bond donors (Lipinski definition) is 2. The van der Waals surface area contributed by atoms with Gasteiger partial charge in [-0.25, -0.2) is 0 Å². The lowest BCUT2D eigenvalue weighted by atomic mass is 10.2. The molecule has 3 rings (SSSR count). The number of rotatable bonds is 5. The molecule has 5 nitrogen and oxygen atoms in total. The summed E-state index contributed by atoms with van der Waals surface area (Å²) in [7, 11) is 0. The highest BCUT2D eigenvalue weighted by atomic mass is 35.5. The number of carbonyl (C=O) groups is 2. The summed E-state index contributed by atoms with van der Waals surface area (Å²) in [6, 6.07) is 10.3. The van der Waals surface area contributed by atoms with E-state index in [1.165, 1.54) is 11.8 Å². The van der Waals surface area contributed by atoms with Gasteiger partial charge in [0.25, 0.3) is 11.8 Å². The summed E-state index contributed by atoms with van der Waals surface area (Å²) in [5.41, 5.74) is 2.23. The van der Waals surface area contributed by atoms with Gasteiger partial charge in [0.1, 0.15) is 10.1 Å². The average Bonchev–Trinajstić information content (AvgIpc) is 2.94. The summed E-state index contributed by atoms with van der Waals surface area (Å²) in [5, 5.41) is 6.15. The van der Waals surface area contributed by atoms with Crippen molar-refractivity contribution in [2.75, 3.05) is 11.9 Å². The van der Waals surface area contributed by atoms with Crippen LogP contribution in [0.3, 0.4) is 0 Å². The maximum Gasteiger partial charge on any atom is 0.263 e. The first-order chi connectivity index (χ1) is 13.3. The molecule has 2 aromatic rings. The summed E-state index contributed by atoms with van der Waals surface area (Å²) in [5.74, 6) is -0.214. The number of benzene rings is 2. The topological polar surface area (TPSA) is 67.4 Å². The molecule has 0 saturated carbocycles. The van der Waals surface area contributed by atoms with Gasteiger partial charge >= 0.3 is 0 Å². The van der Waals surface area contributed by atoms with Gasteiger partial charge in [0.15, 0.2) is 6.61 Å². The quantitative estimate of drug-likeness (QED) is 0.503. The molecule has 2 N–H and O–H groups in total. The summed E-state index contributed by atoms with van der Waals surface area (Å²) in [6.07, 6.45) is 1.68. The first-order valence-electron chi connectivity index (χ1n) is 8.05. The van der Waals surface area contributed by atoms with Crippen LogP contribution in [0.4, 0.5) is 5.69 Å². The van der Waals surface area contributed by atoms with E-state index < -0.39 is 0 Å². The summed E-state index contributed by atoms with van der Waals surface area (Å²) in [4.78, 5) is 24.3. The molecular weight excluding hydrogens is 439 g/mol. The van der Waals surface area contributed by atoms with Gasteiger partial charge in [0, 0.05) is 10.7 Å². The van der Waals surface area contributed by atoms with E-state index in [1.807, 2.05) is 13.0 Å². The predicted molar refractivity (Wildman–Crippen MR) is 118 cm³/mol. The van der Waals surface area contributed by atoms with Crippen molar-refractivity contribution in [3.8, 4) is 5.75 Å². The fourth-order valence-corrected chi connectivity index (χ4v) is 3.78. The van der Waals surface area contributed by atoms with Crippen LogP contribution in [0.25, 0.3) is 6.08 Å². The molecule has 2 aromatic carbocycles. The third-order valence-electron chi connectivity index (χ3n) is 3.71. The molecule has 1 aliphatic heterocycles. The zero-order valence-corrected chi connectivity index (χ0v) is 17.7. The maximum absolute atomic E-state index is 12.1. The van der Waals surface area contributed by atoms with Gasteiger partial charge in [0.05, 0.1) is 9.93 Å². The van der Waals surface area contributed by atoms with Gasteiger partial charge in [-0.2, -0.15) is 0 Å². The molecule has 1 heterocycles. The number of carbonyl (C=O) groups excluding carboxylic acids is 2. The van der Waals surface area contributed by atoms with Gasteiger partial charge in [0.2, 0.25) is 0 Å². The number of halogens is 2. The molecule has 144 valence electrons. The number of amides is 2. The minimum absolute atomic E-state index is 0.210. The summed E-state index contributed by atoms with van der Waals surface area (Å²) >= 11 is 18.4. The molecule has 1 fully saturated rings. The number of ether oxygens (including phenoxy) is 1. The van der Waals surface area contributed by atoms with E-state index in [-0.39, 0.29) is 18.4 Å². The molecular formula is C19H14Cl2N2O3S2. The van der Waals surface area contributed by atoms with E-state index in [0.717, 1.165) is 11.1 Å². The van der Waals surface area contributed by atoms with E-state index in [0.29, 0.717) is 30.7 Å². The standard InChI is InChI=1S/C19H14Cl2N2O3S2/c1-10-2-4-12(8-13(10)20)22-17(24)9-26-15-5-3-11(6-14(15)21)7-16-18(25)23-19(27)28-16/h2-8H,9H2,1H3,(H,22,24)(H,23,25,27)/b16-7-. The predicted octanol–water partition coefficient (Wildman–Crippen LogP) is 4.81. The van der Waals surface area contributed by atoms with E-state index in [9.17, 15) is 9.59 Å². The van der Waals surface area contributed by atoms with Crippen LogP contribution >= 0.6 is 47.2 Å². The Balaban J connectivity index is 1.61. The van der Waals surface area contributed by atoms with Crippen molar-refractivity contribution in [3.05, 3.63) is 62.5 Å². The molecule has 0 radical (unpaired) electrons. The number of thiocarbonyl (C=S) groups is 1. The highest BCUT2D eigenvalue weighted by Gasteiger charge is 2.22. The van der Waals surface area contributed by atoms with Crippen LogP contribution in [-0.4, -0.2) is 22.7 Å². The summed E-state index contributed by atoms with van der Waals surface area (Å²) < 4.78 is 5.90. The molecule has 28 heavy (non-hydrogen) atoms. The van der Waals surface area contributed by atoms with Crippen LogP contribution in [0.1, 0.15) is 11.1 Å². The monoisotopic (exact) mass is 452 g/mol. The van der Waals surface area contributed by atoms with E-state index >= 15 is 0 Å². The Labute approximate surface area is 181 Å². The zero-order valence-electron chi connectivity index (χ0n) is 14.5. The second kappa shape index (κ2) is 8.96. The Morgan fingerprint density at radius 2 is 2.04 bits per heavy atom. The molecule has 0 aromatic heterocycles. The Morgan fingerprint density at radius 1 is 1.25 bits per heavy atom. The molecule has 9 heteroatoms. The molecule has 0 atom stereocenters. The van der Waals surface area contributed by atoms with Crippen LogP contribution < -0.4 is 15.4 Å². The molecule has 1 aliphatic rings. The summed E-state index contributed by atoms with van der Waals surface area (Å²) in [6.45, 7) is 1.67. The molecule has 0 aliphatic carbocycles. The third kappa shape index (κ3) is 5.26. The lowest BCUT2D eigenvalue weighted by molar-refractivity contribution is -0.118. The first-order valence-corrected chi connectivity index (χ1v) is 10.0. The van der Waals surface area contributed by atoms with Gasteiger partial charge in [-0.05, 0) is 48.4 Å². The van der Waals surface area contributed by atoms with Crippen LogP contribution in [0.15, 0.2) is 41.3 Å². The fraction of sp³-hybridized carbons (Fsp3) is 0.105. The van der Waals surface area contributed by atoms with E-state index in [2.05, 4.69) is 10.6 Å². The second-order valence-electron chi connectivity index (χ2n) is 5.84. The van der Waals surface area contributed by atoms with Gasteiger partial charge < -0.3 is 15.4 Å².